The van der Waals surface area contributed by atoms with Crippen molar-refractivity contribution in [3.8, 4) is 17.2 Å². The van der Waals surface area contributed by atoms with E-state index < -0.39 is 5.97 Å². The molecule has 25 heavy (non-hydrogen) atoms. The molecule has 0 saturated carbocycles. The number of benzene rings is 2. The van der Waals surface area contributed by atoms with E-state index in [1.54, 1.807) is 32.4 Å². The normalized spacial score (nSPS) is 12.0. The first-order chi connectivity index (χ1) is 12.1. The van der Waals surface area contributed by atoms with Crippen LogP contribution in [0.2, 0.25) is 0 Å². The van der Waals surface area contributed by atoms with Crippen molar-refractivity contribution in [3.63, 3.8) is 0 Å². The van der Waals surface area contributed by atoms with E-state index >= 15 is 0 Å². The Morgan fingerprint density at radius 1 is 1.04 bits per heavy atom. The second kappa shape index (κ2) is 8.92. The van der Waals surface area contributed by atoms with Crippen LogP contribution in [0.1, 0.15) is 37.3 Å². The van der Waals surface area contributed by atoms with Gasteiger partial charge in [0.15, 0.2) is 11.5 Å². The minimum Gasteiger partial charge on any atom is -0.493 e. The van der Waals surface area contributed by atoms with Crippen molar-refractivity contribution < 1.29 is 19.0 Å². The molecule has 4 heteroatoms. The van der Waals surface area contributed by atoms with E-state index in [0.29, 0.717) is 23.2 Å². The van der Waals surface area contributed by atoms with Crippen molar-refractivity contribution in [1.29, 1.82) is 0 Å². The SMILES string of the molecule is CCC(C)c1ccc(OC(=O)/C=C/c2ccc(OC)c(OC)c2)cc1. The molecule has 0 radical (unpaired) electrons. The number of carbonyl (C=O) groups is 1. The van der Waals surface area contributed by atoms with Gasteiger partial charge in [-0.05, 0) is 53.8 Å². The third kappa shape index (κ3) is 5.11. The highest BCUT2D eigenvalue weighted by Gasteiger charge is 2.06. The summed E-state index contributed by atoms with van der Waals surface area (Å²) in [6, 6.07) is 13.1. The number of hydrogen-bond donors (Lipinski definition) is 0. The van der Waals surface area contributed by atoms with Gasteiger partial charge in [0, 0.05) is 6.08 Å². The summed E-state index contributed by atoms with van der Waals surface area (Å²) >= 11 is 0. The first-order valence-corrected chi connectivity index (χ1v) is 8.29. The van der Waals surface area contributed by atoms with Crippen LogP contribution in [-0.2, 0) is 4.79 Å². The van der Waals surface area contributed by atoms with Crippen LogP contribution in [0.3, 0.4) is 0 Å². The quantitative estimate of drug-likeness (QED) is 0.411. The molecule has 0 aliphatic heterocycles. The van der Waals surface area contributed by atoms with Gasteiger partial charge in [-0.1, -0.05) is 32.0 Å². The number of esters is 1. The fourth-order valence-corrected chi connectivity index (χ4v) is 2.37. The summed E-state index contributed by atoms with van der Waals surface area (Å²) in [5.41, 5.74) is 2.06. The van der Waals surface area contributed by atoms with Crippen LogP contribution in [0.25, 0.3) is 6.08 Å². The van der Waals surface area contributed by atoms with E-state index in [1.807, 2.05) is 30.3 Å². The molecule has 0 aliphatic carbocycles. The summed E-state index contributed by atoms with van der Waals surface area (Å²) in [5.74, 6) is 1.86. The average Bonchev–Trinajstić information content (AvgIpc) is 2.66. The van der Waals surface area contributed by atoms with Crippen molar-refractivity contribution >= 4 is 12.0 Å². The Morgan fingerprint density at radius 2 is 1.72 bits per heavy atom. The lowest BCUT2D eigenvalue weighted by Crippen LogP contribution is -2.03. The van der Waals surface area contributed by atoms with Crippen LogP contribution < -0.4 is 14.2 Å². The largest absolute Gasteiger partial charge is 0.493 e. The molecular weight excluding hydrogens is 316 g/mol. The third-order valence-corrected chi connectivity index (χ3v) is 4.10. The average molecular weight is 340 g/mol. The topological polar surface area (TPSA) is 44.8 Å². The Labute approximate surface area is 149 Å². The van der Waals surface area contributed by atoms with Gasteiger partial charge in [0.1, 0.15) is 5.75 Å². The maximum atomic E-state index is 12.0. The maximum Gasteiger partial charge on any atom is 0.336 e. The van der Waals surface area contributed by atoms with E-state index in [1.165, 1.54) is 11.6 Å². The molecule has 1 atom stereocenters. The van der Waals surface area contributed by atoms with Gasteiger partial charge in [-0.25, -0.2) is 4.79 Å². The van der Waals surface area contributed by atoms with Crippen molar-refractivity contribution in [2.75, 3.05) is 14.2 Å². The number of carbonyl (C=O) groups excluding carboxylic acids is 1. The van der Waals surface area contributed by atoms with Crippen LogP contribution in [-0.4, -0.2) is 20.2 Å². The second-order valence-corrected chi connectivity index (χ2v) is 5.75. The third-order valence-electron chi connectivity index (χ3n) is 4.10. The first kappa shape index (κ1) is 18.6. The van der Waals surface area contributed by atoms with Crippen LogP contribution in [0, 0.1) is 0 Å². The molecule has 0 N–H and O–H groups in total. The Hall–Kier alpha value is -2.75. The predicted octanol–water partition coefficient (Wildman–Crippen LogP) is 4.84. The molecule has 2 aromatic carbocycles. The molecule has 2 aromatic rings. The van der Waals surface area contributed by atoms with Crippen LogP contribution >= 0.6 is 0 Å². The van der Waals surface area contributed by atoms with Crippen molar-refractivity contribution in [3.05, 3.63) is 59.7 Å². The van der Waals surface area contributed by atoms with Gasteiger partial charge >= 0.3 is 5.97 Å². The van der Waals surface area contributed by atoms with Gasteiger partial charge in [0.2, 0.25) is 0 Å². The number of ether oxygens (including phenoxy) is 3. The van der Waals surface area contributed by atoms with Gasteiger partial charge in [-0.2, -0.15) is 0 Å². The number of hydrogen-bond acceptors (Lipinski definition) is 4. The van der Waals surface area contributed by atoms with Gasteiger partial charge in [0.05, 0.1) is 14.2 Å². The Balaban J connectivity index is 2.01. The first-order valence-electron chi connectivity index (χ1n) is 8.29. The van der Waals surface area contributed by atoms with Gasteiger partial charge in [-0.15, -0.1) is 0 Å². The van der Waals surface area contributed by atoms with Gasteiger partial charge in [-0.3, -0.25) is 0 Å². The highest BCUT2D eigenvalue weighted by atomic mass is 16.5. The smallest absolute Gasteiger partial charge is 0.336 e. The maximum absolute atomic E-state index is 12.0. The molecule has 0 heterocycles. The number of methoxy groups -OCH3 is 2. The summed E-state index contributed by atoms with van der Waals surface area (Å²) < 4.78 is 15.8. The Morgan fingerprint density at radius 3 is 2.32 bits per heavy atom. The zero-order valence-corrected chi connectivity index (χ0v) is 15.1. The molecule has 0 amide bonds. The molecule has 1 unspecified atom stereocenters. The number of rotatable bonds is 7. The molecule has 0 bridgehead atoms. The van der Waals surface area contributed by atoms with Crippen molar-refractivity contribution in [2.45, 2.75) is 26.2 Å². The molecule has 0 spiro atoms. The molecule has 132 valence electrons. The predicted molar refractivity (Wildman–Crippen MR) is 99.4 cm³/mol. The zero-order chi connectivity index (χ0) is 18.2. The summed E-state index contributed by atoms with van der Waals surface area (Å²) in [5, 5.41) is 0. The summed E-state index contributed by atoms with van der Waals surface area (Å²) in [6.07, 6.45) is 4.15. The van der Waals surface area contributed by atoms with Crippen LogP contribution in [0.4, 0.5) is 0 Å². The minimum atomic E-state index is -0.425. The molecule has 0 fully saturated rings. The summed E-state index contributed by atoms with van der Waals surface area (Å²) in [7, 11) is 3.15. The van der Waals surface area contributed by atoms with Crippen molar-refractivity contribution in [2.24, 2.45) is 0 Å². The Bertz CT molecular complexity index is 732. The van der Waals surface area contributed by atoms with E-state index in [4.69, 9.17) is 14.2 Å². The molecule has 0 saturated heterocycles. The highest BCUT2D eigenvalue weighted by Crippen LogP contribution is 2.28. The molecule has 4 nitrogen and oxygen atoms in total. The lowest BCUT2D eigenvalue weighted by Gasteiger charge is -2.09. The lowest BCUT2D eigenvalue weighted by atomic mass is 9.99. The zero-order valence-electron chi connectivity index (χ0n) is 15.1. The van der Waals surface area contributed by atoms with Gasteiger partial charge < -0.3 is 14.2 Å². The molecule has 2 rings (SSSR count). The van der Waals surface area contributed by atoms with Crippen molar-refractivity contribution in [1.82, 2.24) is 0 Å². The summed E-state index contributed by atoms with van der Waals surface area (Å²) in [6.45, 7) is 4.32. The standard InChI is InChI=1S/C21H24O4/c1-5-15(2)17-8-10-18(11-9-17)25-21(22)13-7-16-6-12-19(23-3)20(14-16)24-4/h6-15H,5H2,1-4H3/b13-7+. The second-order valence-electron chi connectivity index (χ2n) is 5.75. The lowest BCUT2D eigenvalue weighted by molar-refractivity contribution is -0.128. The Kier molecular flexibility index (Phi) is 6.63. The van der Waals surface area contributed by atoms with E-state index in [-0.39, 0.29) is 0 Å². The van der Waals surface area contributed by atoms with Crippen LogP contribution in [0.5, 0.6) is 17.2 Å². The fraction of sp³-hybridized carbons (Fsp3) is 0.286. The van der Waals surface area contributed by atoms with E-state index in [2.05, 4.69) is 13.8 Å². The molecule has 0 aromatic heterocycles. The molecule has 0 aliphatic rings. The monoisotopic (exact) mass is 340 g/mol. The fourth-order valence-electron chi connectivity index (χ4n) is 2.37. The van der Waals surface area contributed by atoms with Crippen LogP contribution in [0.15, 0.2) is 48.5 Å². The van der Waals surface area contributed by atoms with E-state index in [9.17, 15) is 4.79 Å². The molecular formula is C21H24O4. The van der Waals surface area contributed by atoms with Gasteiger partial charge in [0.25, 0.3) is 0 Å². The minimum absolute atomic E-state index is 0.425. The van der Waals surface area contributed by atoms with E-state index in [0.717, 1.165) is 12.0 Å². The summed E-state index contributed by atoms with van der Waals surface area (Å²) in [4.78, 5) is 12.0. The highest BCUT2D eigenvalue weighted by molar-refractivity contribution is 5.88.